The fourth-order valence-electron chi connectivity index (χ4n) is 0. The molecule has 20 nitrogen and oxygen atoms in total. The maximum absolute atomic E-state index is 8.52. The van der Waals surface area contributed by atoms with E-state index < -0.39 is 20.8 Å². The maximum atomic E-state index is 8.52. The van der Waals surface area contributed by atoms with Gasteiger partial charge in [-0.05, 0) is 0 Å². The van der Waals surface area contributed by atoms with Gasteiger partial charge in [0.2, 0.25) is 0 Å². The summed E-state index contributed by atoms with van der Waals surface area (Å²) in [4.78, 5) is 0. The molecule has 0 saturated carbocycles. The van der Waals surface area contributed by atoms with Crippen molar-refractivity contribution in [2.24, 2.45) is 0 Å². The van der Waals surface area contributed by atoms with Crippen molar-refractivity contribution in [3.8, 4) is 0 Å². The molecule has 30 N–H and O–H groups in total. The summed E-state index contributed by atoms with van der Waals surface area (Å²) >= 11 is 0. The molecule has 0 bridgehead atoms. The van der Waals surface area contributed by atoms with E-state index in [9.17, 15) is 0 Å². The molecule has 0 heterocycles. The van der Waals surface area contributed by atoms with Crippen LogP contribution in [0.4, 0.5) is 0 Å². The van der Waals surface area contributed by atoms with Gasteiger partial charge in [0, 0.05) is 20.8 Å². The first-order valence-corrected chi connectivity index (χ1v) is 4.00. The third-order valence-electron chi connectivity index (χ3n) is 0. The molecule has 0 fully saturated rings. The first-order chi connectivity index (χ1) is 4.00. The Kier molecular flexibility index (Phi) is 529. The fraction of sp³-hybridized carbons (Fsp3) is 0. The van der Waals surface area contributed by atoms with Gasteiger partial charge in [0.05, 0.1) is 0 Å². The zero-order valence-corrected chi connectivity index (χ0v) is 18.0. The van der Waals surface area contributed by atoms with E-state index in [0.717, 1.165) is 0 Å². The first kappa shape index (κ1) is 171. The van der Waals surface area contributed by atoms with Crippen molar-refractivity contribution >= 4 is 20.8 Å². The van der Waals surface area contributed by atoms with Crippen LogP contribution in [0, 0.1) is 0 Å². The van der Waals surface area contributed by atoms with Crippen LogP contribution in [0.1, 0.15) is 0 Å². The van der Waals surface area contributed by atoms with E-state index in [1.54, 1.807) is 0 Å². The van der Waals surface area contributed by atoms with Gasteiger partial charge in [-0.2, -0.15) is 0 Å². The van der Waals surface area contributed by atoms with E-state index in [4.69, 9.17) is 35.0 Å². The molecule has 0 spiro atoms. The van der Waals surface area contributed by atoms with Crippen molar-refractivity contribution in [3.63, 3.8) is 0 Å². The van der Waals surface area contributed by atoms with Gasteiger partial charge in [-0.3, -0.25) is 16.8 Å². The van der Waals surface area contributed by atoms with Gasteiger partial charge < -0.3 is 83.9 Å². The normalized spacial score (nSPS) is 4.83. The molecule has 0 aromatic carbocycles. The van der Waals surface area contributed by atoms with Crippen molar-refractivity contribution in [2.45, 2.75) is 0 Å². The Balaban J connectivity index is -0.00000000241. The van der Waals surface area contributed by atoms with Crippen LogP contribution in [0.2, 0.25) is 0 Å². The molecule has 0 unspecified atom stereocenters. The van der Waals surface area contributed by atoms with Crippen LogP contribution in [0.25, 0.3) is 0 Å². The maximum Gasteiger partial charge on any atom is 3.00 e. The Hall–Kier alpha value is 1.43. The van der Waals surface area contributed by atoms with E-state index in [0.29, 0.717) is 0 Å². The van der Waals surface area contributed by atoms with Gasteiger partial charge >= 0.3 is 68.7 Å². The molecule has 0 rings (SSSR count). The smallest absolute Gasteiger partial charge is 0.759 e. The van der Waals surface area contributed by atoms with Crippen LogP contribution >= 0.6 is 0 Å². The van der Waals surface area contributed by atoms with Gasteiger partial charge in [-0.25, -0.2) is 0 Å². The quantitative estimate of drug-likeness (QED) is 0.131. The Morgan fingerprint density at radius 1 is 0.417 bits per heavy atom. The third kappa shape index (κ3) is 5770. The molecule has 163 valence electrons. The third-order valence-corrected chi connectivity index (χ3v) is 0. The summed E-state index contributed by atoms with van der Waals surface area (Å²) in [5, 5.41) is 0. The first-order valence-electron chi connectivity index (χ1n) is 1.33. The summed E-state index contributed by atoms with van der Waals surface area (Å²) < 4.78 is 68.2. The van der Waals surface area contributed by atoms with Gasteiger partial charge in [0.1, 0.15) is 0 Å². The monoisotopic (exact) mass is 505 g/mol. The molecule has 0 aliphatic carbocycles. The minimum Gasteiger partial charge on any atom is -0.759 e. The molecule has 0 saturated heterocycles. The van der Waals surface area contributed by atoms with Crippen LogP contribution in [0.3, 0.4) is 0 Å². The standard InChI is InChI=1S/Cr.K.2H2O4S.12H2O/c;;2*1-5(2,3)4;;;;;;;;;;;;/h;;2*(H2,1,2,3,4);12*1H2/q+3;+1;;;;;;;;;;;;;;/p+2. The molecular formula is H30CrKO20S2+6. The second kappa shape index (κ2) is 74.4. The average Bonchev–Trinajstić information content (AvgIpc) is 1.12. The Morgan fingerprint density at radius 2 is 0.417 bits per heavy atom. The second-order valence-corrected chi connectivity index (χ2v) is 2.45. The molecule has 0 aliphatic heterocycles. The van der Waals surface area contributed by atoms with Crippen LogP contribution in [-0.2, 0) is 71.0 Å². The zero-order chi connectivity index (χ0) is 9.00. The molecule has 0 amide bonds. The van der Waals surface area contributed by atoms with Crippen molar-refractivity contribution in [3.05, 3.63) is 0 Å². The minimum absolute atomic E-state index is 0. The molecule has 0 aromatic heterocycles. The fourth-order valence-corrected chi connectivity index (χ4v) is 0. The molecule has 24 heavy (non-hydrogen) atoms. The van der Waals surface area contributed by atoms with E-state index in [1.165, 1.54) is 0 Å². The van der Waals surface area contributed by atoms with Crippen LogP contribution < -0.4 is 51.4 Å². The summed E-state index contributed by atoms with van der Waals surface area (Å²) in [6.07, 6.45) is 0. The summed E-state index contributed by atoms with van der Waals surface area (Å²) in [6, 6.07) is 0. The molecule has 24 heteroatoms. The van der Waals surface area contributed by atoms with E-state index in [1.807, 2.05) is 0 Å². The summed E-state index contributed by atoms with van der Waals surface area (Å²) in [5.41, 5.74) is 0. The van der Waals surface area contributed by atoms with Crippen molar-refractivity contribution in [2.75, 3.05) is 0 Å². The summed E-state index contributed by atoms with van der Waals surface area (Å²) in [7, 11) is -10.3. The van der Waals surface area contributed by atoms with Crippen molar-refractivity contribution in [1.82, 2.24) is 0 Å². The Labute approximate surface area is 188 Å². The average molecular weight is 505 g/mol. The number of hydrogen-bond donors (Lipinski definition) is 0. The minimum atomic E-state index is -5.17. The summed E-state index contributed by atoms with van der Waals surface area (Å²) in [5.74, 6) is 0. The van der Waals surface area contributed by atoms with E-state index >= 15 is 0 Å². The molecule has 0 aromatic rings. The second-order valence-electron chi connectivity index (χ2n) is 0.816. The van der Waals surface area contributed by atoms with Gasteiger partial charge in [-0.1, -0.05) is 0 Å². The number of hydrogen-bond acceptors (Lipinski definition) is 8. The van der Waals surface area contributed by atoms with Gasteiger partial charge in [0.25, 0.3) is 0 Å². The van der Waals surface area contributed by atoms with Gasteiger partial charge in [0.15, 0.2) is 0 Å². The molecule has 1 radical (unpaired) electrons. The topological polar surface area (TPSA) is 548 Å². The van der Waals surface area contributed by atoms with E-state index in [-0.39, 0.29) is 134 Å². The number of rotatable bonds is 0. The SMILES string of the molecule is O.O.O.O.O.O.O=S(=O)([O-])[O-].O=S(=O)([O-])[O-].[Cr+3].[K+].[OH3+].[OH3+].[OH3+].[OH3+].[OH3+].[OH3+]. The van der Waals surface area contributed by atoms with Crippen molar-refractivity contribution in [1.29, 1.82) is 0 Å². The predicted molar refractivity (Wildman–Crippen MR) is 71.9 cm³/mol. The van der Waals surface area contributed by atoms with Crippen molar-refractivity contribution < 1.29 is 170 Å². The van der Waals surface area contributed by atoms with E-state index in [2.05, 4.69) is 0 Å². The Bertz CT molecular complexity index is 218. The van der Waals surface area contributed by atoms with Crippen LogP contribution in [-0.4, -0.2) is 67.9 Å². The Morgan fingerprint density at radius 3 is 0.417 bits per heavy atom. The zero-order valence-electron chi connectivity index (χ0n) is 12.0. The summed E-state index contributed by atoms with van der Waals surface area (Å²) in [6.45, 7) is 0. The largest absolute Gasteiger partial charge is 3.00 e. The molecular weight excluding hydrogens is 475 g/mol. The molecule has 0 atom stereocenters. The molecule has 0 aliphatic rings. The van der Waals surface area contributed by atoms with Crippen LogP contribution in [0.15, 0.2) is 0 Å². The van der Waals surface area contributed by atoms with Gasteiger partial charge in [-0.15, -0.1) is 0 Å². The predicted octanol–water partition coefficient (Wildman–Crippen LogP) is -16.2. The van der Waals surface area contributed by atoms with Crippen LogP contribution in [0.5, 0.6) is 0 Å².